The summed E-state index contributed by atoms with van der Waals surface area (Å²) in [7, 11) is 1.57. The zero-order valence-electron chi connectivity index (χ0n) is 16.9. The van der Waals surface area contributed by atoms with Crippen LogP contribution in [0.5, 0.6) is 11.8 Å². The van der Waals surface area contributed by atoms with Crippen molar-refractivity contribution in [3.05, 3.63) is 88.1 Å². The van der Waals surface area contributed by atoms with Crippen molar-refractivity contribution in [1.29, 1.82) is 0 Å². The Morgan fingerprint density at radius 1 is 1.03 bits per heavy atom. The van der Waals surface area contributed by atoms with E-state index in [9.17, 15) is 4.79 Å². The van der Waals surface area contributed by atoms with E-state index in [2.05, 4.69) is 20.2 Å². The standard InChI is InChI=1S/C23H20N4O4/c1-29-20-8-7-15(11-24-20)9-19-17-10-21(25-12-18(17)22(28)27-26-19)31-23(13-30-14-23)16-5-3-2-4-6-16/h2-8,10-12H,9,13-14H2,1H3,(H,27,28). The smallest absolute Gasteiger partial charge is 0.273 e. The van der Waals surface area contributed by atoms with E-state index < -0.39 is 5.60 Å². The molecule has 0 unspecified atom stereocenters. The lowest BCUT2D eigenvalue weighted by Gasteiger charge is -2.41. The molecule has 0 aliphatic carbocycles. The van der Waals surface area contributed by atoms with Gasteiger partial charge in [-0.1, -0.05) is 36.4 Å². The minimum atomic E-state index is -0.587. The Hall–Kier alpha value is -3.78. The first-order valence-electron chi connectivity index (χ1n) is 9.85. The molecule has 4 heterocycles. The van der Waals surface area contributed by atoms with Crippen molar-refractivity contribution in [2.45, 2.75) is 12.0 Å². The topological polar surface area (TPSA) is 99.2 Å². The minimum Gasteiger partial charge on any atom is -0.481 e. The number of H-pyrrole nitrogens is 1. The predicted octanol–water partition coefficient (Wildman–Crippen LogP) is 2.62. The Morgan fingerprint density at radius 2 is 1.84 bits per heavy atom. The number of fused-ring (bicyclic) bond motifs is 1. The molecule has 1 aromatic carbocycles. The second kappa shape index (κ2) is 7.81. The molecule has 1 fully saturated rings. The zero-order chi connectivity index (χ0) is 21.3. The SMILES string of the molecule is COc1ccc(Cc2n[nH]c(=O)c3cnc(OC4(c5ccccc5)COC4)cc23)cn1. The molecule has 8 heteroatoms. The van der Waals surface area contributed by atoms with Crippen LogP contribution in [-0.2, 0) is 16.8 Å². The summed E-state index contributed by atoms with van der Waals surface area (Å²) in [6, 6.07) is 15.4. The average Bonchev–Trinajstić information content (AvgIpc) is 2.79. The summed E-state index contributed by atoms with van der Waals surface area (Å²) in [5.74, 6) is 0.956. The third kappa shape index (κ3) is 3.62. The van der Waals surface area contributed by atoms with Crippen molar-refractivity contribution >= 4 is 10.8 Å². The Morgan fingerprint density at radius 3 is 2.52 bits per heavy atom. The maximum atomic E-state index is 12.3. The lowest BCUT2D eigenvalue weighted by Crippen LogP contribution is -2.51. The highest BCUT2D eigenvalue weighted by Gasteiger charge is 2.43. The fourth-order valence-corrected chi connectivity index (χ4v) is 3.63. The van der Waals surface area contributed by atoms with Crippen LogP contribution >= 0.6 is 0 Å². The fourth-order valence-electron chi connectivity index (χ4n) is 3.63. The molecular formula is C23H20N4O4. The first-order chi connectivity index (χ1) is 15.2. The number of nitrogens with zero attached hydrogens (tertiary/aromatic N) is 3. The van der Waals surface area contributed by atoms with Gasteiger partial charge in [0.15, 0.2) is 5.60 Å². The summed E-state index contributed by atoms with van der Waals surface area (Å²) >= 11 is 0. The molecule has 156 valence electrons. The molecule has 0 spiro atoms. The molecule has 3 aromatic heterocycles. The summed E-state index contributed by atoms with van der Waals surface area (Å²) in [4.78, 5) is 20.9. The van der Waals surface area contributed by atoms with E-state index in [4.69, 9.17) is 14.2 Å². The Bertz CT molecular complexity index is 1270. The van der Waals surface area contributed by atoms with Crippen LogP contribution in [0.1, 0.15) is 16.8 Å². The van der Waals surface area contributed by atoms with Gasteiger partial charge in [-0.2, -0.15) is 5.10 Å². The quantitative estimate of drug-likeness (QED) is 0.516. The van der Waals surface area contributed by atoms with Crippen molar-refractivity contribution in [2.75, 3.05) is 20.3 Å². The van der Waals surface area contributed by atoms with E-state index in [1.807, 2.05) is 36.4 Å². The monoisotopic (exact) mass is 416 g/mol. The Labute approximate surface area is 177 Å². The summed E-state index contributed by atoms with van der Waals surface area (Å²) < 4.78 is 16.9. The molecule has 5 rings (SSSR count). The molecule has 1 aliphatic heterocycles. The van der Waals surface area contributed by atoms with Gasteiger partial charge in [0.05, 0.1) is 31.4 Å². The summed E-state index contributed by atoms with van der Waals surface area (Å²) in [6.45, 7) is 0.878. The van der Waals surface area contributed by atoms with Crippen molar-refractivity contribution in [3.8, 4) is 11.8 Å². The van der Waals surface area contributed by atoms with Crippen molar-refractivity contribution in [3.63, 3.8) is 0 Å². The van der Waals surface area contributed by atoms with Crippen LogP contribution in [-0.4, -0.2) is 40.5 Å². The van der Waals surface area contributed by atoms with Gasteiger partial charge >= 0.3 is 0 Å². The molecule has 1 saturated heterocycles. The van der Waals surface area contributed by atoms with Gasteiger partial charge < -0.3 is 14.2 Å². The molecular weight excluding hydrogens is 396 g/mol. The Balaban J connectivity index is 1.51. The van der Waals surface area contributed by atoms with E-state index in [0.29, 0.717) is 47.9 Å². The van der Waals surface area contributed by atoms with Crippen LogP contribution in [0.3, 0.4) is 0 Å². The molecule has 1 aliphatic rings. The molecule has 31 heavy (non-hydrogen) atoms. The number of aromatic nitrogens is 4. The molecule has 0 amide bonds. The number of hydrogen-bond donors (Lipinski definition) is 1. The molecule has 1 N–H and O–H groups in total. The zero-order valence-corrected chi connectivity index (χ0v) is 16.9. The van der Waals surface area contributed by atoms with E-state index in [1.165, 1.54) is 6.20 Å². The highest BCUT2D eigenvalue weighted by molar-refractivity contribution is 5.83. The number of rotatable bonds is 6. The van der Waals surface area contributed by atoms with Crippen LogP contribution in [0.2, 0.25) is 0 Å². The van der Waals surface area contributed by atoms with Gasteiger partial charge in [-0.05, 0) is 5.56 Å². The lowest BCUT2D eigenvalue weighted by molar-refractivity contribution is -0.169. The van der Waals surface area contributed by atoms with Gasteiger partial charge in [0.2, 0.25) is 11.8 Å². The van der Waals surface area contributed by atoms with Gasteiger partial charge in [-0.3, -0.25) is 4.79 Å². The molecule has 0 bridgehead atoms. The van der Waals surface area contributed by atoms with Crippen LogP contribution in [0, 0.1) is 0 Å². The van der Waals surface area contributed by atoms with E-state index >= 15 is 0 Å². The normalized spacial score (nSPS) is 14.7. The number of nitrogens with one attached hydrogen (secondary N) is 1. The number of methoxy groups -OCH3 is 1. The fraction of sp³-hybridized carbons (Fsp3) is 0.217. The summed E-state index contributed by atoms with van der Waals surface area (Å²) in [6.07, 6.45) is 3.74. The van der Waals surface area contributed by atoms with Crippen molar-refractivity contribution in [1.82, 2.24) is 20.2 Å². The van der Waals surface area contributed by atoms with Crippen molar-refractivity contribution < 1.29 is 14.2 Å². The van der Waals surface area contributed by atoms with Crippen LogP contribution < -0.4 is 15.0 Å². The van der Waals surface area contributed by atoms with Crippen LogP contribution in [0.4, 0.5) is 0 Å². The van der Waals surface area contributed by atoms with Crippen molar-refractivity contribution in [2.24, 2.45) is 0 Å². The summed E-state index contributed by atoms with van der Waals surface area (Å²) in [5, 5.41) is 7.96. The maximum Gasteiger partial charge on any atom is 0.273 e. The minimum absolute atomic E-state index is 0.296. The second-order valence-corrected chi connectivity index (χ2v) is 7.41. The largest absolute Gasteiger partial charge is 0.481 e. The number of ether oxygens (including phenoxy) is 3. The number of aromatic amines is 1. The average molecular weight is 416 g/mol. The van der Waals surface area contributed by atoms with E-state index in [-0.39, 0.29) is 5.56 Å². The predicted molar refractivity (Wildman–Crippen MR) is 113 cm³/mol. The van der Waals surface area contributed by atoms with Gasteiger partial charge in [0.1, 0.15) is 0 Å². The first kappa shape index (κ1) is 19.2. The van der Waals surface area contributed by atoms with E-state index in [0.717, 1.165) is 11.1 Å². The molecule has 4 aromatic rings. The molecule has 0 atom stereocenters. The molecule has 8 nitrogen and oxygen atoms in total. The van der Waals surface area contributed by atoms with Gasteiger partial charge in [-0.25, -0.2) is 15.1 Å². The lowest BCUT2D eigenvalue weighted by atomic mass is 9.92. The second-order valence-electron chi connectivity index (χ2n) is 7.41. The third-order valence-corrected chi connectivity index (χ3v) is 5.38. The number of hydrogen-bond acceptors (Lipinski definition) is 7. The van der Waals surface area contributed by atoms with E-state index in [1.54, 1.807) is 25.4 Å². The maximum absolute atomic E-state index is 12.3. The number of pyridine rings is 2. The summed E-state index contributed by atoms with van der Waals surface area (Å²) in [5.41, 5.74) is 1.78. The molecule has 0 saturated carbocycles. The highest BCUT2D eigenvalue weighted by atomic mass is 16.6. The van der Waals surface area contributed by atoms with Crippen LogP contribution in [0.25, 0.3) is 10.8 Å². The Kier molecular flexibility index (Phi) is 4.83. The van der Waals surface area contributed by atoms with Gasteiger partial charge in [0, 0.05) is 41.9 Å². The molecule has 0 radical (unpaired) electrons. The highest BCUT2D eigenvalue weighted by Crippen LogP contribution is 2.35. The van der Waals surface area contributed by atoms with Gasteiger partial charge in [0.25, 0.3) is 5.56 Å². The van der Waals surface area contributed by atoms with Gasteiger partial charge in [-0.15, -0.1) is 0 Å². The van der Waals surface area contributed by atoms with Crippen LogP contribution in [0.15, 0.2) is 65.7 Å². The number of benzene rings is 1. The third-order valence-electron chi connectivity index (χ3n) is 5.38. The first-order valence-corrected chi connectivity index (χ1v) is 9.85.